The molecule has 1 heterocycles. The summed E-state index contributed by atoms with van der Waals surface area (Å²) in [6, 6.07) is 7.74. The number of imide groups is 1. The van der Waals surface area contributed by atoms with Gasteiger partial charge in [-0.1, -0.05) is 35.2 Å². The van der Waals surface area contributed by atoms with E-state index in [4.69, 9.17) is 0 Å². The fraction of sp³-hybridized carbons (Fsp3) is 0.333. The summed E-state index contributed by atoms with van der Waals surface area (Å²) in [6.45, 7) is 2.02. The minimum atomic E-state index is -0.429. The summed E-state index contributed by atoms with van der Waals surface area (Å²) in [5.74, 6) is -0.224. The first kappa shape index (κ1) is 16.7. The van der Waals surface area contributed by atoms with E-state index in [-0.39, 0.29) is 17.7 Å². The number of hydrogen-bond donors (Lipinski definition) is 3. The predicted molar refractivity (Wildman–Crippen MR) is 94.8 cm³/mol. The third-order valence-corrected chi connectivity index (χ3v) is 5.14. The lowest BCUT2D eigenvalue weighted by atomic mass is 10.2. The average molecular weight is 363 g/mol. The highest BCUT2D eigenvalue weighted by molar-refractivity contribution is 8.01. The van der Waals surface area contributed by atoms with Gasteiger partial charge in [-0.2, -0.15) is 0 Å². The Labute approximate surface area is 147 Å². The van der Waals surface area contributed by atoms with Crippen LogP contribution in [0, 0.1) is 6.92 Å². The van der Waals surface area contributed by atoms with Crippen molar-refractivity contribution in [3.05, 3.63) is 29.8 Å². The summed E-state index contributed by atoms with van der Waals surface area (Å²) in [7, 11) is 0. The number of urea groups is 1. The number of amides is 3. The van der Waals surface area contributed by atoms with Gasteiger partial charge < -0.3 is 10.6 Å². The number of anilines is 2. The average Bonchev–Trinajstić information content (AvgIpc) is 3.22. The van der Waals surface area contributed by atoms with Crippen molar-refractivity contribution in [2.75, 3.05) is 11.1 Å². The maximum absolute atomic E-state index is 11.7. The molecule has 3 rings (SSSR count). The molecule has 7 nitrogen and oxygen atoms in total. The molecule has 1 fully saturated rings. The van der Waals surface area contributed by atoms with Crippen molar-refractivity contribution in [2.45, 2.75) is 30.1 Å². The fourth-order valence-electron chi connectivity index (χ4n) is 1.90. The van der Waals surface area contributed by atoms with Crippen LogP contribution in [0.2, 0.25) is 0 Å². The zero-order valence-corrected chi connectivity index (χ0v) is 14.7. The van der Waals surface area contributed by atoms with Crippen LogP contribution in [0.5, 0.6) is 0 Å². The van der Waals surface area contributed by atoms with E-state index in [9.17, 15) is 9.59 Å². The summed E-state index contributed by atoms with van der Waals surface area (Å²) >= 11 is 2.62. The third kappa shape index (κ3) is 5.20. The van der Waals surface area contributed by atoms with E-state index in [1.54, 1.807) is 0 Å². The normalized spacial score (nSPS) is 13.4. The third-order valence-electron chi connectivity index (χ3n) is 3.17. The Morgan fingerprint density at radius 1 is 1.33 bits per heavy atom. The number of rotatable bonds is 6. The van der Waals surface area contributed by atoms with Crippen LogP contribution in [-0.2, 0) is 4.79 Å². The summed E-state index contributed by atoms with van der Waals surface area (Å²) in [5, 5.41) is 16.9. The second-order valence-electron chi connectivity index (χ2n) is 5.45. The van der Waals surface area contributed by atoms with E-state index in [2.05, 4.69) is 26.1 Å². The van der Waals surface area contributed by atoms with E-state index >= 15 is 0 Å². The van der Waals surface area contributed by atoms with Gasteiger partial charge in [-0.25, -0.2) is 4.79 Å². The molecule has 126 valence electrons. The molecule has 1 aliphatic carbocycles. The van der Waals surface area contributed by atoms with Gasteiger partial charge in [0, 0.05) is 11.7 Å². The standard InChI is InChI=1S/C15H17N5O2S2/c1-9-3-2-4-11(7-9)17-14-19-20-15(24-14)23-8-12(21)18-13(22)16-10-5-6-10/h2-4,7,10H,5-6,8H2,1H3,(H,17,19)(H2,16,18,21,22). The van der Waals surface area contributed by atoms with E-state index in [1.165, 1.54) is 23.1 Å². The van der Waals surface area contributed by atoms with E-state index in [0.717, 1.165) is 24.1 Å². The first-order chi connectivity index (χ1) is 11.6. The van der Waals surface area contributed by atoms with Gasteiger partial charge in [-0.3, -0.25) is 10.1 Å². The van der Waals surface area contributed by atoms with Crippen molar-refractivity contribution in [1.82, 2.24) is 20.8 Å². The molecular weight excluding hydrogens is 346 g/mol. The van der Waals surface area contributed by atoms with Gasteiger partial charge in [0.25, 0.3) is 0 Å². The zero-order chi connectivity index (χ0) is 16.9. The lowest BCUT2D eigenvalue weighted by Gasteiger charge is -2.04. The van der Waals surface area contributed by atoms with Gasteiger partial charge in [0.1, 0.15) is 0 Å². The van der Waals surface area contributed by atoms with Crippen LogP contribution in [0.25, 0.3) is 0 Å². The molecule has 3 amide bonds. The number of nitrogens with one attached hydrogen (secondary N) is 3. The smallest absolute Gasteiger partial charge is 0.321 e. The van der Waals surface area contributed by atoms with Crippen molar-refractivity contribution < 1.29 is 9.59 Å². The monoisotopic (exact) mass is 363 g/mol. The highest BCUT2D eigenvalue weighted by atomic mass is 32.2. The van der Waals surface area contributed by atoms with Crippen LogP contribution in [0.3, 0.4) is 0 Å². The van der Waals surface area contributed by atoms with Crippen molar-refractivity contribution in [3.8, 4) is 0 Å². The topological polar surface area (TPSA) is 96.0 Å². The molecule has 0 saturated heterocycles. The van der Waals surface area contributed by atoms with Gasteiger partial charge in [-0.15, -0.1) is 10.2 Å². The van der Waals surface area contributed by atoms with Gasteiger partial charge in [-0.05, 0) is 37.5 Å². The Morgan fingerprint density at radius 3 is 2.92 bits per heavy atom. The molecule has 0 spiro atoms. The maximum Gasteiger partial charge on any atom is 0.321 e. The molecule has 0 unspecified atom stereocenters. The molecular formula is C15H17N5O2S2. The number of aromatic nitrogens is 2. The molecule has 1 aliphatic rings. The number of hydrogen-bond acceptors (Lipinski definition) is 7. The van der Waals surface area contributed by atoms with Crippen molar-refractivity contribution in [2.24, 2.45) is 0 Å². The van der Waals surface area contributed by atoms with E-state index in [1.807, 2.05) is 31.2 Å². The highest BCUT2D eigenvalue weighted by Crippen LogP contribution is 2.27. The van der Waals surface area contributed by atoms with Crippen LogP contribution >= 0.6 is 23.1 Å². The minimum Gasteiger partial charge on any atom is -0.335 e. The second kappa shape index (κ2) is 7.63. The number of benzene rings is 1. The van der Waals surface area contributed by atoms with Crippen LogP contribution in [-0.4, -0.2) is 33.9 Å². The van der Waals surface area contributed by atoms with Crippen molar-refractivity contribution in [3.63, 3.8) is 0 Å². The summed E-state index contributed by atoms with van der Waals surface area (Å²) < 4.78 is 0.669. The predicted octanol–water partition coefficient (Wildman–Crippen LogP) is 2.67. The zero-order valence-electron chi connectivity index (χ0n) is 13.0. The number of thioether (sulfide) groups is 1. The first-order valence-electron chi connectivity index (χ1n) is 7.49. The fourth-order valence-corrected chi connectivity index (χ4v) is 3.48. The molecule has 0 bridgehead atoms. The SMILES string of the molecule is Cc1cccc(Nc2nnc(SCC(=O)NC(=O)NC3CC3)s2)c1. The Balaban J connectivity index is 1.45. The molecule has 1 aromatic carbocycles. The summed E-state index contributed by atoms with van der Waals surface area (Å²) in [6.07, 6.45) is 1.97. The minimum absolute atomic E-state index is 0.122. The van der Waals surface area contributed by atoms with Gasteiger partial charge in [0.05, 0.1) is 5.75 Å². The number of carbonyl (C=O) groups excluding carboxylic acids is 2. The number of nitrogens with zero attached hydrogens (tertiary/aromatic N) is 2. The molecule has 0 radical (unpaired) electrons. The molecule has 9 heteroatoms. The molecule has 0 aliphatic heterocycles. The van der Waals surface area contributed by atoms with E-state index < -0.39 is 6.03 Å². The summed E-state index contributed by atoms with van der Waals surface area (Å²) in [5.41, 5.74) is 2.09. The van der Waals surface area contributed by atoms with Crippen molar-refractivity contribution in [1.29, 1.82) is 0 Å². The highest BCUT2D eigenvalue weighted by Gasteiger charge is 2.23. The van der Waals surface area contributed by atoms with Gasteiger partial charge >= 0.3 is 6.03 Å². The largest absolute Gasteiger partial charge is 0.335 e. The van der Waals surface area contributed by atoms with Crippen LogP contribution in [0.1, 0.15) is 18.4 Å². The molecule has 2 aromatic rings. The first-order valence-corrected chi connectivity index (χ1v) is 9.29. The number of carbonyl (C=O) groups is 2. The molecule has 3 N–H and O–H groups in total. The molecule has 1 saturated carbocycles. The molecule has 1 aromatic heterocycles. The van der Waals surface area contributed by atoms with Crippen LogP contribution in [0.4, 0.5) is 15.6 Å². The molecule has 24 heavy (non-hydrogen) atoms. The Morgan fingerprint density at radius 2 is 2.17 bits per heavy atom. The quantitative estimate of drug-likeness (QED) is 0.683. The lowest BCUT2D eigenvalue weighted by molar-refractivity contribution is -0.117. The van der Waals surface area contributed by atoms with Crippen LogP contribution < -0.4 is 16.0 Å². The van der Waals surface area contributed by atoms with Crippen molar-refractivity contribution >= 4 is 45.9 Å². The second-order valence-corrected chi connectivity index (χ2v) is 7.65. The summed E-state index contributed by atoms with van der Waals surface area (Å²) in [4.78, 5) is 23.2. The van der Waals surface area contributed by atoms with Crippen LogP contribution in [0.15, 0.2) is 28.6 Å². The maximum atomic E-state index is 11.7. The molecule has 0 atom stereocenters. The Bertz CT molecular complexity index is 745. The van der Waals surface area contributed by atoms with Gasteiger partial charge in [0.15, 0.2) is 4.34 Å². The van der Waals surface area contributed by atoms with E-state index in [0.29, 0.717) is 9.47 Å². The van der Waals surface area contributed by atoms with Gasteiger partial charge in [0.2, 0.25) is 11.0 Å². The lowest BCUT2D eigenvalue weighted by Crippen LogP contribution is -2.41. The Kier molecular flexibility index (Phi) is 5.31. The number of aryl methyl sites for hydroxylation is 1. The Hall–Kier alpha value is -2.13.